The van der Waals surface area contributed by atoms with Crippen LogP contribution >= 0.6 is 0 Å². The summed E-state index contributed by atoms with van der Waals surface area (Å²) in [5.41, 5.74) is 3.29. The number of carboxylic acids is 1. The average molecular weight is 639 g/mol. The van der Waals surface area contributed by atoms with E-state index in [1.54, 1.807) is 6.07 Å². The first-order chi connectivity index (χ1) is 22.4. The minimum Gasteiger partial charge on any atom is -0.481 e. The van der Waals surface area contributed by atoms with E-state index in [2.05, 4.69) is 24.1 Å². The molecule has 1 aliphatic rings. The Morgan fingerprint density at radius 1 is 0.804 bits per heavy atom. The molecule has 1 heterocycles. The summed E-state index contributed by atoms with van der Waals surface area (Å²) in [5, 5.41) is 21.3. The van der Waals surface area contributed by atoms with Crippen molar-refractivity contribution in [2.24, 2.45) is 0 Å². The number of anilines is 1. The number of carbonyl (C=O) groups is 2. The van der Waals surface area contributed by atoms with E-state index in [-0.39, 0.29) is 37.6 Å². The summed E-state index contributed by atoms with van der Waals surface area (Å²) in [6.45, 7) is 7.48. The van der Waals surface area contributed by atoms with Crippen molar-refractivity contribution in [1.29, 1.82) is 0 Å². The van der Waals surface area contributed by atoms with Crippen LogP contribution in [0.4, 0.5) is 5.69 Å². The molecule has 1 amide bonds. The monoisotopic (exact) mass is 638 g/mol. The highest BCUT2D eigenvalue weighted by atomic mass is 16.7. The molecule has 2 aromatic rings. The van der Waals surface area contributed by atoms with Gasteiger partial charge in [-0.3, -0.25) is 9.59 Å². The van der Waals surface area contributed by atoms with Gasteiger partial charge in [0.05, 0.1) is 25.2 Å². The molecule has 1 fully saturated rings. The van der Waals surface area contributed by atoms with E-state index < -0.39 is 12.3 Å². The molecule has 0 bridgehead atoms. The van der Waals surface area contributed by atoms with Gasteiger partial charge in [-0.2, -0.15) is 0 Å². The van der Waals surface area contributed by atoms with E-state index in [4.69, 9.17) is 14.6 Å². The summed E-state index contributed by atoms with van der Waals surface area (Å²) in [6.07, 6.45) is 14.8. The molecule has 1 saturated heterocycles. The molecule has 1 aliphatic heterocycles. The summed E-state index contributed by atoms with van der Waals surface area (Å²) in [4.78, 5) is 25.8. The van der Waals surface area contributed by atoms with Gasteiger partial charge in [0, 0.05) is 30.6 Å². The molecule has 8 nitrogen and oxygen atoms in total. The lowest BCUT2D eigenvalue weighted by Gasteiger charge is -2.38. The second-order valence-corrected chi connectivity index (χ2v) is 12.8. The minimum atomic E-state index is -1.00. The molecule has 0 aromatic heterocycles. The number of nitrogens with zero attached hydrogens (tertiary/aromatic N) is 1. The van der Waals surface area contributed by atoms with Crippen LogP contribution < -0.4 is 5.32 Å². The number of unbranched alkanes of at least 4 members (excludes halogenated alkanes) is 10. The molecule has 0 radical (unpaired) electrons. The molecule has 0 saturated carbocycles. The number of aliphatic hydroxyl groups is 1. The van der Waals surface area contributed by atoms with Gasteiger partial charge in [-0.25, -0.2) is 0 Å². The van der Waals surface area contributed by atoms with E-state index >= 15 is 0 Å². The number of nitrogens with one attached hydrogen (secondary N) is 1. The number of hydrogen-bond acceptors (Lipinski definition) is 6. The van der Waals surface area contributed by atoms with E-state index in [0.717, 1.165) is 42.7 Å². The fourth-order valence-corrected chi connectivity index (χ4v) is 6.05. The van der Waals surface area contributed by atoms with Gasteiger partial charge in [-0.1, -0.05) is 114 Å². The topological polar surface area (TPSA) is 108 Å². The molecule has 3 unspecified atom stereocenters. The zero-order valence-corrected chi connectivity index (χ0v) is 28.3. The minimum absolute atomic E-state index is 0.00299. The maximum Gasteiger partial charge on any atom is 0.303 e. The van der Waals surface area contributed by atoms with Crippen LogP contribution in [0.5, 0.6) is 0 Å². The van der Waals surface area contributed by atoms with Gasteiger partial charge in [0.1, 0.15) is 0 Å². The first kappa shape index (κ1) is 37.7. The van der Waals surface area contributed by atoms with Crippen molar-refractivity contribution < 1.29 is 29.3 Å². The van der Waals surface area contributed by atoms with Crippen LogP contribution in [0, 0.1) is 0 Å². The Bertz CT molecular complexity index is 1120. The Morgan fingerprint density at radius 3 is 2.04 bits per heavy atom. The van der Waals surface area contributed by atoms with Crippen molar-refractivity contribution >= 4 is 17.6 Å². The van der Waals surface area contributed by atoms with E-state index in [1.165, 1.54) is 77.0 Å². The van der Waals surface area contributed by atoms with Crippen LogP contribution in [0.2, 0.25) is 0 Å². The zero-order valence-electron chi connectivity index (χ0n) is 28.3. The molecular formula is C38H58N2O6. The van der Waals surface area contributed by atoms with Crippen LogP contribution in [0.15, 0.2) is 48.5 Å². The Labute approximate surface area is 276 Å². The van der Waals surface area contributed by atoms with Crippen LogP contribution in [-0.4, -0.2) is 52.7 Å². The van der Waals surface area contributed by atoms with Crippen LogP contribution in [0.3, 0.4) is 0 Å². The number of hydrogen-bond donors (Lipinski definition) is 3. The molecule has 8 heteroatoms. The van der Waals surface area contributed by atoms with Gasteiger partial charge >= 0.3 is 5.97 Å². The van der Waals surface area contributed by atoms with Crippen molar-refractivity contribution in [2.45, 2.75) is 135 Å². The number of ether oxygens (including phenoxy) is 2. The first-order valence-corrected chi connectivity index (χ1v) is 17.8. The molecule has 256 valence electrons. The fourth-order valence-electron chi connectivity index (χ4n) is 6.05. The van der Waals surface area contributed by atoms with E-state index in [9.17, 15) is 14.7 Å². The number of carboxylic acid groups (broad SMARTS) is 1. The third kappa shape index (κ3) is 14.3. The summed E-state index contributed by atoms with van der Waals surface area (Å²) >= 11 is 0. The van der Waals surface area contributed by atoms with Crippen molar-refractivity contribution in [3.05, 3.63) is 65.2 Å². The number of aliphatic hydroxyl groups excluding tert-OH is 1. The van der Waals surface area contributed by atoms with Gasteiger partial charge in [0.15, 0.2) is 6.29 Å². The number of aliphatic carboxylic acids is 1. The van der Waals surface area contributed by atoms with Gasteiger partial charge < -0.3 is 29.9 Å². The Hall–Kier alpha value is -2.78. The molecule has 0 aliphatic carbocycles. The Morgan fingerprint density at radius 2 is 1.43 bits per heavy atom. The lowest BCUT2D eigenvalue weighted by molar-refractivity contribution is -0.253. The summed E-state index contributed by atoms with van der Waals surface area (Å²) in [5.74, 6) is -1.34. The smallest absolute Gasteiger partial charge is 0.303 e. The van der Waals surface area contributed by atoms with E-state index in [0.29, 0.717) is 5.69 Å². The third-order valence-electron chi connectivity index (χ3n) is 8.74. The van der Waals surface area contributed by atoms with E-state index in [1.807, 2.05) is 42.5 Å². The van der Waals surface area contributed by atoms with Gasteiger partial charge in [-0.05, 0) is 49.2 Å². The van der Waals surface area contributed by atoms with Crippen molar-refractivity contribution in [2.75, 3.05) is 25.0 Å². The summed E-state index contributed by atoms with van der Waals surface area (Å²) < 4.78 is 13.2. The highest BCUT2D eigenvalue weighted by Gasteiger charge is 2.33. The molecule has 3 N–H and O–H groups in total. The normalized spacial score (nSPS) is 18.1. The maximum absolute atomic E-state index is 12.3. The Balaban J connectivity index is 1.74. The standard InChI is InChI=1S/C38H58N2O6/c1-3-5-7-9-11-13-24-40(25-14-12-10-8-6-4-2)28-34-27-35(31-20-18-30(29-41)19-21-31)46-38(45-34)32-16-15-17-33(26-32)39-36(42)22-23-37(43)44/h15-21,26,34-35,38,41H,3-14,22-25,27-29H2,1-2H3,(H,39,42)(H,43,44). The zero-order chi connectivity index (χ0) is 33.0. The summed E-state index contributed by atoms with van der Waals surface area (Å²) in [6, 6.07) is 15.4. The number of carbonyl (C=O) groups excluding carboxylic acids is 1. The maximum atomic E-state index is 12.3. The highest BCUT2D eigenvalue weighted by Crippen LogP contribution is 2.38. The van der Waals surface area contributed by atoms with Gasteiger partial charge in [-0.15, -0.1) is 0 Å². The first-order valence-electron chi connectivity index (χ1n) is 17.8. The molecule has 2 aromatic carbocycles. The Kier molecular flexibility index (Phi) is 17.9. The van der Waals surface area contributed by atoms with Gasteiger partial charge in [0.2, 0.25) is 5.91 Å². The SMILES string of the molecule is CCCCCCCCN(CCCCCCCC)CC1CC(c2ccc(CO)cc2)OC(c2cccc(NC(=O)CCC(=O)O)c2)O1. The van der Waals surface area contributed by atoms with Crippen molar-refractivity contribution in [1.82, 2.24) is 4.90 Å². The quantitative estimate of drug-likeness (QED) is 0.105. The predicted molar refractivity (Wildman–Crippen MR) is 184 cm³/mol. The number of benzene rings is 2. The average Bonchev–Trinajstić information content (AvgIpc) is 3.06. The summed E-state index contributed by atoms with van der Waals surface area (Å²) in [7, 11) is 0. The number of amides is 1. The van der Waals surface area contributed by atoms with Crippen LogP contribution in [-0.2, 0) is 25.7 Å². The fraction of sp³-hybridized carbons (Fsp3) is 0.632. The highest BCUT2D eigenvalue weighted by molar-refractivity contribution is 5.92. The van der Waals surface area contributed by atoms with Gasteiger partial charge in [0.25, 0.3) is 0 Å². The third-order valence-corrected chi connectivity index (χ3v) is 8.74. The number of rotatable bonds is 23. The molecule has 46 heavy (non-hydrogen) atoms. The second kappa shape index (κ2) is 21.9. The molecule has 0 spiro atoms. The molecule has 3 atom stereocenters. The lowest BCUT2D eigenvalue weighted by Crippen LogP contribution is -2.40. The lowest BCUT2D eigenvalue weighted by atomic mass is 9.99. The molecular weight excluding hydrogens is 580 g/mol. The van der Waals surface area contributed by atoms with Crippen LogP contribution in [0.25, 0.3) is 0 Å². The predicted octanol–water partition coefficient (Wildman–Crippen LogP) is 8.55. The van der Waals surface area contributed by atoms with Crippen LogP contribution in [0.1, 0.15) is 139 Å². The second-order valence-electron chi connectivity index (χ2n) is 12.8. The molecule has 3 rings (SSSR count). The van der Waals surface area contributed by atoms with Crippen molar-refractivity contribution in [3.8, 4) is 0 Å². The largest absolute Gasteiger partial charge is 0.481 e. The van der Waals surface area contributed by atoms with Crippen molar-refractivity contribution in [3.63, 3.8) is 0 Å².